The molecule has 1 aromatic rings. The van der Waals surface area contributed by atoms with Gasteiger partial charge in [-0.2, -0.15) is 26.3 Å². The maximum absolute atomic E-state index is 13.1. The molecule has 0 aliphatic rings. The van der Waals surface area contributed by atoms with E-state index in [1.54, 1.807) is 6.92 Å². The van der Waals surface area contributed by atoms with E-state index in [1.807, 2.05) is 0 Å². The molecule has 0 bridgehead atoms. The average Bonchev–Trinajstić information content (AvgIpc) is 2.69. The molecule has 0 aliphatic carbocycles. The van der Waals surface area contributed by atoms with Crippen molar-refractivity contribution in [1.82, 2.24) is 4.90 Å². The van der Waals surface area contributed by atoms with Gasteiger partial charge in [-0.3, -0.25) is 9.69 Å². The van der Waals surface area contributed by atoms with E-state index >= 15 is 0 Å². The van der Waals surface area contributed by atoms with Gasteiger partial charge in [-0.05, 0) is 31.9 Å². The predicted molar refractivity (Wildman–Crippen MR) is 101 cm³/mol. The Morgan fingerprint density at radius 3 is 1.88 bits per heavy atom. The van der Waals surface area contributed by atoms with Crippen LogP contribution in [0.4, 0.5) is 36.8 Å². The van der Waals surface area contributed by atoms with Crippen LogP contribution in [0.5, 0.6) is 0 Å². The molecular weight excluding hydrogens is 450 g/mol. The standard InChI is InChI=1S/C19H24F6N2O5/c1-2-26(10-3-4-12-28)16(31)27(11-9-15(29)30)14-7-5-13(6-8-14)17(32,18(20,21)22)19(23,24)25/h5-8,28,32H,2-4,9-12H2,1H3,(H,29,30). The number of aliphatic carboxylic acids is 1. The summed E-state index contributed by atoms with van der Waals surface area (Å²) in [6.07, 6.45) is -11.8. The highest BCUT2D eigenvalue weighted by Crippen LogP contribution is 2.50. The number of hydrogen-bond acceptors (Lipinski definition) is 4. The van der Waals surface area contributed by atoms with E-state index in [0.29, 0.717) is 25.0 Å². The second-order valence-electron chi connectivity index (χ2n) is 6.84. The van der Waals surface area contributed by atoms with Crippen molar-refractivity contribution in [3.63, 3.8) is 0 Å². The smallest absolute Gasteiger partial charge is 0.430 e. The van der Waals surface area contributed by atoms with Crippen molar-refractivity contribution in [2.24, 2.45) is 0 Å². The molecule has 0 saturated carbocycles. The van der Waals surface area contributed by atoms with Crippen molar-refractivity contribution in [3.8, 4) is 0 Å². The Morgan fingerprint density at radius 1 is 0.938 bits per heavy atom. The van der Waals surface area contributed by atoms with Gasteiger partial charge in [0.05, 0.1) is 6.42 Å². The summed E-state index contributed by atoms with van der Waals surface area (Å²) in [5.74, 6) is -1.27. The molecule has 0 atom stereocenters. The lowest BCUT2D eigenvalue weighted by atomic mass is 9.92. The molecule has 0 saturated heterocycles. The minimum atomic E-state index is -6.06. The largest absolute Gasteiger partial charge is 0.481 e. The molecule has 32 heavy (non-hydrogen) atoms. The highest BCUT2D eigenvalue weighted by Gasteiger charge is 2.71. The number of carbonyl (C=O) groups excluding carboxylic acids is 1. The van der Waals surface area contributed by atoms with Gasteiger partial charge in [-0.1, -0.05) is 12.1 Å². The molecule has 0 unspecified atom stereocenters. The highest BCUT2D eigenvalue weighted by atomic mass is 19.4. The summed E-state index contributed by atoms with van der Waals surface area (Å²) >= 11 is 0. The number of aliphatic hydroxyl groups excluding tert-OH is 1. The van der Waals surface area contributed by atoms with Gasteiger partial charge >= 0.3 is 24.4 Å². The van der Waals surface area contributed by atoms with Crippen LogP contribution in [-0.2, 0) is 10.4 Å². The fourth-order valence-electron chi connectivity index (χ4n) is 2.89. The van der Waals surface area contributed by atoms with Gasteiger partial charge in [-0.15, -0.1) is 0 Å². The molecule has 0 fully saturated rings. The SMILES string of the molecule is CCN(CCCCO)C(=O)N(CCC(=O)O)c1ccc(C(O)(C(F)(F)F)C(F)(F)F)cc1. The number of urea groups is 1. The zero-order valence-corrected chi connectivity index (χ0v) is 17.1. The van der Waals surface area contributed by atoms with E-state index in [1.165, 1.54) is 4.90 Å². The van der Waals surface area contributed by atoms with Gasteiger partial charge < -0.3 is 20.2 Å². The maximum atomic E-state index is 13.1. The monoisotopic (exact) mass is 474 g/mol. The fraction of sp³-hybridized carbons (Fsp3) is 0.579. The minimum Gasteiger partial charge on any atom is -0.481 e. The number of nitrogens with zero attached hydrogens (tertiary/aromatic N) is 2. The lowest BCUT2D eigenvalue weighted by Gasteiger charge is -2.33. The summed E-state index contributed by atoms with van der Waals surface area (Å²) in [5, 5.41) is 27.3. The molecule has 1 rings (SSSR count). The molecular formula is C19H24F6N2O5. The first-order chi connectivity index (χ1) is 14.7. The van der Waals surface area contributed by atoms with Crippen LogP contribution in [0.1, 0.15) is 31.7 Å². The van der Waals surface area contributed by atoms with Crippen LogP contribution in [0.25, 0.3) is 0 Å². The van der Waals surface area contributed by atoms with Crippen molar-refractivity contribution in [3.05, 3.63) is 29.8 Å². The van der Waals surface area contributed by atoms with Gasteiger partial charge in [0.2, 0.25) is 0 Å². The number of aliphatic hydroxyl groups is 2. The zero-order chi connectivity index (χ0) is 24.7. The second kappa shape index (κ2) is 10.9. The van der Waals surface area contributed by atoms with E-state index in [9.17, 15) is 41.0 Å². The first kappa shape index (κ1) is 27.5. The van der Waals surface area contributed by atoms with Gasteiger partial charge in [0, 0.05) is 37.5 Å². The summed E-state index contributed by atoms with van der Waals surface area (Å²) in [6.45, 7) is 1.50. The first-order valence-corrected chi connectivity index (χ1v) is 9.56. The highest BCUT2D eigenvalue weighted by molar-refractivity contribution is 5.92. The first-order valence-electron chi connectivity index (χ1n) is 9.56. The van der Waals surface area contributed by atoms with Crippen LogP contribution in [0, 0.1) is 0 Å². The van der Waals surface area contributed by atoms with Crippen LogP contribution in [0.2, 0.25) is 0 Å². The van der Waals surface area contributed by atoms with E-state index in [4.69, 9.17) is 10.2 Å². The number of alkyl halides is 6. The molecule has 7 nitrogen and oxygen atoms in total. The van der Waals surface area contributed by atoms with Gasteiger partial charge in [0.15, 0.2) is 0 Å². The Bertz CT molecular complexity index is 753. The van der Waals surface area contributed by atoms with Crippen LogP contribution >= 0.6 is 0 Å². The molecule has 3 N–H and O–H groups in total. The number of carboxylic acid groups (broad SMARTS) is 1. The quantitative estimate of drug-likeness (QED) is 0.356. The van der Waals surface area contributed by atoms with Crippen molar-refractivity contribution < 1.29 is 51.3 Å². The zero-order valence-electron chi connectivity index (χ0n) is 17.1. The van der Waals surface area contributed by atoms with Crippen molar-refractivity contribution in [1.29, 1.82) is 0 Å². The molecule has 13 heteroatoms. The second-order valence-corrected chi connectivity index (χ2v) is 6.84. The van der Waals surface area contributed by atoms with Crippen LogP contribution in [-0.4, -0.2) is 70.8 Å². The van der Waals surface area contributed by atoms with Crippen LogP contribution in [0.15, 0.2) is 24.3 Å². The molecule has 1 aromatic carbocycles. The summed E-state index contributed by atoms with van der Waals surface area (Å²) in [5.41, 5.74) is -6.76. The third kappa shape index (κ3) is 6.25. The Balaban J connectivity index is 3.32. The Labute approximate surface area is 179 Å². The normalized spacial score (nSPS) is 12.5. The van der Waals surface area contributed by atoms with Gasteiger partial charge in [-0.25, -0.2) is 4.79 Å². The molecule has 0 aromatic heterocycles. The van der Waals surface area contributed by atoms with Gasteiger partial charge in [0.25, 0.3) is 5.60 Å². The minimum absolute atomic E-state index is 0.114. The Hall–Kier alpha value is -2.54. The molecule has 2 amide bonds. The number of carbonyl (C=O) groups is 2. The number of rotatable bonds is 10. The van der Waals surface area contributed by atoms with Gasteiger partial charge in [0.1, 0.15) is 0 Å². The maximum Gasteiger partial charge on any atom is 0.430 e. The number of unbranched alkanes of at least 4 members (excludes halogenated alkanes) is 1. The predicted octanol–water partition coefficient (Wildman–Crippen LogP) is 3.49. The number of carboxylic acids is 1. The third-order valence-corrected chi connectivity index (χ3v) is 4.69. The van der Waals surface area contributed by atoms with Crippen molar-refractivity contribution in [2.45, 2.75) is 44.1 Å². The molecule has 0 aliphatic heterocycles. The van der Waals surface area contributed by atoms with E-state index in [-0.39, 0.29) is 25.4 Å². The van der Waals surface area contributed by atoms with Crippen LogP contribution in [0.3, 0.4) is 0 Å². The van der Waals surface area contributed by atoms with E-state index in [2.05, 4.69) is 0 Å². The van der Waals surface area contributed by atoms with E-state index < -0.39 is 48.5 Å². The summed E-state index contributed by atoms with van der Waals surface area (Å²) in [4.78, 5) is 26.0. The fourth-order valence-corrected chi connectivity index (χ4v) is 2.89. The molecule has 0 radical (unpaired) electrons. The third-order valence-electron chi connectivity index (χ3n) is 4.69. The summed E-state index contributed by atoms with van der Waals surface area (Å²) < 4.78 is 78.3. The number of benzene rings is 1. The molecule has 0 heterocycles. The lowest BCUT2D eigenvalue weighted by Crippen LogP contribution is -2.53. The van der Waals surface area contributed by atoms with Crippen molar-refractivity contribution in [2.75, 3.05) is 31.1 Å². The number of anilines is 1. The number of amides is 2. The Morgan fingerprint density at radius 2 is 1.47 bits per heavy atom. The number of halogens is 6. The van der Waals surface area contributed by atoms with E-state index in [0.717, 1.165) is 17.0 Å². The summed E-state index contributed by atoms with van der Waals surface area (Å²) in [6, 6.07) is 1.62. The van der Waals surface area contributed by atoms with Crippen LogP contribution < -0.4 is 4.90 Å². The topological polar surface area (TPSA) is 101 Å². The average molecular weight is 474 g/mol. The van der Waals surface area contributed by atoms with Crippen molar-refractivity contribution >= 4 is 17.7 Å². The molecule has 0 spiro atoms. The molecule has 182 valence electrons. The Kier molecular flexibility index (Phi) is 9.33. The lowest BCUT2D eigenvalue weighted by molar-refractivity contribution is -0.376. The number of hydrogen-bond donors (Lipinski definition) is 3. The summed E-state index contributed by atoms with van der Waals surface area (Å²) in [7, 11) is 0.